The minimum Gasteiger partial charge on any atom is -0.379 e. The van der Waals surface area contributed by atoms with Gasteiger partial charge in [-0.1, -0.05) is 38.2 Å². The maximum absolute atomic E-state index is 3.66. The van der Waals surface area contributed by atoms with Gasteiger partial charge >= 0.3 is 0 Å². The van der Waals surface area contributed by atoms with Gasteiger partial charge in [-0.05, 0) is 12.3 Å². The highest BCUT2D eigenvalue weighted by Crippen LogP contribution is 2.17. The summed E-state index contributed by atoms with van der Waals surface area (Å²) in [6.07, 6.45) is 12.1. The second kappa shape index (κ2) is 5.92. The number of piperazine rings is 1. The van der Waals surface area contributed by atoms with Crippen molar-refractivity contribution >= 4 is 0 Å². The second-order valence-electron chi connectivity index (χ2n) is 6.39. The van der Waals surface area contributed by atoms with Crippen LogP contribution in [0.1, 0.15) is 20.3 Å². The molecule has 3 rings (SSSR count). The maximum Gasteiger partial charge on any atom is 0.118 e. The van der Waals surface area contributed by atoms with E-state index in [-0.39, 0.29) is 0 Å². The van der Waals surface area contributed by atoms with Gasteiger partial charge in [0, 0.05) is 31.9 Å². The van der Waals surface area contributed by atoms with Gasteiger partial charge in [0.25, 0.3) is 0 Å². The van der Waals surface area contributed by atoms with Crippen LogP contribution in [0.5, 0.6) is 0 Å². The van der Waals surface area contributed by atoms with Gasteiger partial charge in [0.05, 0.1) is 12.1 Å². The molecule has 0 bridgehead atoms. The highest BCUT2D eigenvalue weighted by atomic mass is 15.3. The SMILES string of the molecule is CC(C)CC1CN(C2=CNC3C=CC=CC3N2)CCN1. The van der Waals surface area contributed by atoms with Gasteiger partial charge in [-0.3, -0.25) is 0 Å². The summed E-state index contributed by atoms with van der Waals surface area (Å²) in [5.41, 5.74) is 0. The van der Waals surface area contributed by atoms with Crippen molar-refractivity contribution in [2.45, 2.75) is 38.4 Å². The number of nitrogens with zero attached hydrogens (tertiary/aromatic N) is 1. The zero-order chi connectivity index (χ0) is 13.9. The maximum atomic E-state index is 3.66. The van der Waals surface area contributed by atoms with Crippen LogP contribution >= 0.6 is 0 Å². The lowest BCUT2D eigenvalue weighted by atomic mass is 10.0. The first kappa shape index (κ1) is 13.6. The van der Waals surface area contributed by atoms with Crippen molar-refractivity contribution in [1.82, 2.24) is 20.9 Å². The predicted octanol–water partition coefficient (Wildman–Crippen LogP) is 1.16. The minimum absolute atomic E-state index is 0.374. The van der Waals surface area contributed by atoms with Gasteiger partial charge in [0.2, 0.25) is 0 Å². The Bertz CT molecular complexity index is 424. The fourth-order valence-electron chi connectivity index (χ4n) is 3.25. The van der Waals surface area contributed by atoms with Crippen molar-refractivity contribution in [2.24, 2.45) is 5.92 Å². The summed E-state index contributed by atoms with van der Waals surface area (Å²) in [4.78, 5) is 2.47. The van der Waals surface area contributed by atoms with E-state index in [0.29, 0.717) is 18.1 Å². The molecular formula is C16H26N4. The van der Waals surface area contributed by atoms with Crippen molar-refractivity contribution < 1.29 is 0 Å². The first-order chi connectivity index (χ1) is 9.72. The highest BCUT2D eigenvalue weighted by Gasteiger charge is 2.27. The van der Waals surface area contributed by atoms with Crippen LogP contribution in [0.2, 0.25) is 0 Å². The third kappa shape index (κ3) is 3.01. The van der Waals surface area contributed by atoms with E-state index in [2.05, 4.69) is 65.2 Å². The molecule has 0 saturated carbocycles. The zero-order valence-electron chi connectivity index (χ0n) is 12.5. The average Bonchev–Trinajstić information content (AvgIpc) is 2.46. The van der Waals surface area contributed by atoms with E-state index in [1.807, 2.05) is 0 Å². The first-order valence-electron chi connectivity index (χ1n) is 7.78. The van der Waals surface area contributed by atoms with Crippen LogP contribution in [0, 0.1) is 5.92 Å². The molecule has 0 amide bonds. The number of rotatable bonds is 3. The van der Waals surface area contributed by atoms with Gasteiger partial charge in [0.1, 0.15) is 5.82 Å². The third-order valence-electron chi connectivity index (χ3n) is 4.21. The zero-order valence-corrected chi connectivity index (χ0v) is 12.5. The molecule has 0 spiro atoms. The van der Waals surface area contributed by atoms with E-state index in [1.165, 1.54) is 12.2 Å². The summed E-state index contributed by atoms with van der Waals surface area (Å²) in [7, 11) is 0. The molecule has 0 aromatic rings. The lowest BCUT2D eigenvalue weighted by molar-refractivity contribution is 0.206. The van der Waals surface area contributed by atoms with Crippen LogP contribution in [0.4, 0.5) is 0 Å². The molecule has 4 heteroatoms. The standard InChI is InChI=1S/C16H26N4/c1-12(2)9-13-11-20(8-7-17-13)16-10-18-14-5-3-4-6-15(14)19-16/h3-6,10,12-15,17-19H,7-9,11H2,1-2H3. The summed E-state index contributed by atoms with van der Waals surface area (Å²) in [5.74, 6) is 1.98. The smallest absolute Gasteiger partial charge is 0.118 e. The van der Waals surface area contributed by atoms with Crippen LogP contribution in [0.3, 0.4) is 0 Å². The number of hydrogen-bond acceptors (Lipinski definition) is 4. The molecule has 110 valence electrons. The Hall–Kier alpha value is -1.42. The first-order valence-corrected chi connectivity index (χ1v) is 7.78. The van der Waals surface area contributed by atoms with Crippen molar-refractivity contribution in [2.75, 3.05) is 19.6 Å². The van der Waals surface area contributed by atoms with Gasteiger partial charge in [-0.2, -0.15) is 0 Å². The summed E-state index contributed by atoms with van der Waals surface area (Å²) in [5, 5.41) is 10.8. The monoisotopic (exact) mass is 274 g/mol. The van der Waals surface area contributed by atoms with Gasteiger partial charge in [0.15, 0.2) is 0 Å². The van der Waals surface area contributed by atoms with E-state index in [4.69, 9.17) is 0 Å². The van der Waals surface area contributed by atoms with E-state index in [9.17, 15) is 0 Å². The highest BCUT2D eigenvalue weighted by molar-refractivity contribution is 5.25. The molecule has 3 atom stereocenters. The molecule has 1 aliphatic carbocycles. The molecule has 0 aromatic carbocycles. The van der Waals surface area contributed by atoms with Crippen molar-refractivity contribution in [3.05, 3.63) is 36.3 Å². The Morgan fingerprint density at radius 2 is 2.05 bits per heavy atom. The van der Waals surface area contributed by atoms with E-state index >= 15 is 0 Å². The fraction of sp³-hybridized carbons (Fsp3) is 0.625. The van der Waals surface area contributed by atoms with E-state index < -0.39 is 0 Å². The number of hydrogen-bond donors (Lipinski definition) is 3. The number of nitrogens with one attached hydrogen (secondary N) is 3. The van der Waals surface area contributed by atoms with E-state index in [0.717, 1.165) is 25.6 Å². The second-order valence-corrected chi connectivity index (χ2v) is 6.39. The summed E-state index contributed by atoms with van der Waals surface area (Å²) >= 11 is 0. The Balaban J connectivity index is 1.62. The van der Waals surface area contributed by atoms with Gasteiger partial charge in [-0.15, -0.1) is 0 Å². The molecule has 0 radical (unpaired) electrons. The third-order valence-corrected chi connectivity index (χ3v) is 4.21. The average molecular weight is 274 g/mol. The summed E-state index contributed by atoms with van der Waals surface area (Å²) in [6, 6.07) is 1.36. The molecular weight excluding hydrogens is 248 g/mol. The molecule has 0 aromatic heterocycles. The molecule has 1 fully saturated rings. The quantitative estimate of drug-likeness (QED) is 0.722. The Labute approximate surface area is 122 Å². The number of fused-ring (bicyclic) bond motifs is 1. The van der Waals surface area contributed by atoms with Crippen LogP contribution in [0.15, 0.2) is 36.3 Å². The Morgan fingerprint density at radius 1 is 1.25 bits per heavy atom. The fourth-order valence-corrected chi connectivity index (χ4v) is 3.25. The normalized spacial score (nSPS) is 32.5. The molecule has 3 unspecified atom stereocenters. The molecule has 2 aliphatic heterocycles. The van der Waals surface area contributed by atoms with Crippen LogP contribution in [-0.2, 0) is 0 Å². The minimum atomic E-state index is 0.374. The molecule has 1 saturated heterocycles. The molecule has 3 N–H and O–H groups in total. The van der Waals surface area contributed by atoms with Crippen molar-refractivity contribution in [3.8, 4) is 0 Å². The largest absolute Gasteiger partial charge is 0.379 e. The van der Waals surface area contributed by atoms with Crippen LogP contribution in [0.25, 0.3) is 0 Å². The van der Waals surface area contributed by atoms with Gasteiger partial charge < -0.3 is 20.9 Å². The lowest BCUT2D eigenvalue weighted by Gasteiger charge is -2.41. The summed E-state index contributed by atoms with van der Waals surface area (Å²) in [6.45, 7) is 7.83. The molecule has 4 nitrogen and oxygen atoms in total. The lowest BCUT2D eigenvalue weighted by Crippen LogP contribution is -2.57. The van der Waals surface area contributed by atoms with E-state index in [1.54, 1.807) is 0 Å². The predicted molar refractivity (Wildman–Crippen MR) is 83.0 cm³/mol. The molecule has 3 aliphatic rings. The van der Waals surface area contributed by atoms with Crippen molar-refractivity contribution in [3.63, 3.8) is 0 Å². The topological polar surface area (TPSA) is 39.3 Å². The number of allylic oxidation sites excluding steroid dienone is 2. The van der Waals surface area contributed by atoms with Crippen molar-refractivity contribution in [1.29, 1.82) is 0 Å². The Kier molecular flexibility index (Phi) is 4.01. The van der Waals surface area contributed by atoms with Gasteiger partial charge in [-0.25, -0.2) is 0 Å². The molecule has 20 heavy (non-hydrogen) atoms. The Morgan fingerprint density at radius 3 is 2.85 bits per heavy atom. The van der Waals surface area contributed by atoms with Crippen LogP contribution in [-0.4, -0.2) is 42.7 Å². The molecule has 2 heterocycles. The summed E-state index contributed by atoms with van der Waals surface area (Å²) < 4.78 is 0. The van der Waals surface area contributed by atoms with Crippen LogP contribution < -0.4 is 16.0 Å².